The molecule has 0 radical (unpaired) electrons. The first kappa shape index (κ1) is 26.5. The number of methoxy groups -OCH3 is 1. The van der Waals surface area contributed by atoms with Crippen molar-refractivity contribution >= 4 is 0 Å². The molecule has 1 atom stereocenters. The van der Waals surface area contributed by atoms with E-state index in [2.05, 4.69) is 43.0 Å². The number of aliphatic hydroxyl groups excluding tert-OH is 1. The number of hydrogen-bond donors (Lipinski definition) is 1. The van der Waals surface area contributed by atoms with Gasteiger partial charge >= 0.3 is 0 Å². The molecule has 0 aliphatic rings. The van der Waals surface area contributed by atoms with Crippen LogP contribution in [0.4, 0.5) is 0 Å². The summed E-state index contributed by atoms with van der Waals surface area (Å²) in [5, 5.41) is 15.9. The second-order valence-corrected chi connectivity index (χ2v) is 9.83. The van der Waals surface area contributed by atoms with Gasteiger partial charge in [-0.2, -0.15) is 5.10 Å². The summed E-state index contributed by atoms with van der Waals surface area (Å²) in [4.78, 5) is 2.31. The van der Waals surface area contributed by atoms with Crippen LogP contribution in [0.1, 0.15) is 25.0 Å². The van der Waals surface area contributed by atoms with Gasteiger partial charge in [0.2, 0.25) is 5.88 Å². The fourth-order valence-corrected chi connectivity index (χ4v) is 4.62. The van der Waals surface area contributed by atoms with Crippen LogP contribution in [0.5, 0.6) is 17.4 Å². The number of hydrogen-bond acceptors (Lipinski definition) is 5. The maximum absolute atomic E-state index is 11.0. The Labute approximate surface area is 220 Å². The van der Waals surface area contributed by atoms with E-state index in [-0.39, 0.29) is 0 Å². The van der Waals surface area contributed by atoms with E-state index < -0.39 is 6.10 Å². The van der Waals surface area contributed by atoms with Crippen LogP contribution in [-0.2, 0) is 20.0 Å². The molecule has 6 heteroatoms. The molecule has 0 saturated heterocycles. The molecule has 0 aliphatic carbocycles. The highest BCUT2D eigenvalue weighted by Gasteiger charge is 2.24. The Morgan fingerprint density at radius 2 is 1.57 bits per heavy atom. The Hall–Kier alpha value is -3.61. The quantitative estimate of drug-likeness (QED) is 0.261. The first-order chi connectivity index (χ1) is 17.9. The average molecular weight is 500 g/mol. The van der Waals surface area contributed by atoms with Crippen molar-refractivity contribution in [3.05, 3.63) is 96.1 Å². The SMILES string of the molecule is COc1cccc(Oc2c(CN(CC(C)C)C[C@H](O)Cc3ccccc3)c(-c3ccccc3)nn2C)c1. The number of nitrogens with zero attached hydrogens (tertiary/aromatic N) is 3. The molecule has 0 amide bonds. The molecular weight excluding hydrogens is 462 g/mol. The van der Waals surface area contributed by atoms with Crippen molar-refractivity contribution in [1.29, 1.82) is 0 Å². The molecule has 0 spiro atoms. The van der Waals surface area contributed by atoms with Crippen molar-refractivity contribution in [3.63, 3.8) is 0 Å². The fraction of sp³-hybridized carbons (Fsp3) is 0.323. The Balaban J connectivity index is 1.66. The van der Waals surface area contributed by atoms with Gasteiger partial charge in [0.05, 0.1) is 18.8 Å². The first-order valence-corrected chi connectivity index (χ1v) is 12.8. The summed E-state index contributed by atoms with van der Waals surface area (Å²) in [5.41, 5.74) is 4.03. The largest absolute Gasteiger partial charge is 0.497 e. The van der Waals surface area contributed by atoms with E-state index in [0.29, 0.717) is 37.1 Å². The molecule has 3 aromatic carbocycles. The van der Waals surface area contributed by atoms with E-state index in [1.54, 1.807) is 11.8 Å². The van der Waals surface area contributed by atoms with Gasteiger partial charge in [-0.05, 0) is 30.0 Å². The van der Waals surface area contributed by atoms with Crippen molar-refractivity contribution in [3.8, 4) is 28.6 Å². The van der Waals surface area contributed by atoms with Crippen LogP contribution >= 0.6 is 0 Å². The number of rotatable bonds is 12. The molecule has 1 aromatic heterocycles. The third-order valence-electron chi connectivity index (χ3n) is 6.18. The van der Waals surface area contributed by atoms with E-state index in [9.17, 15) is 5.11 Å². The van der Waals surface area contributed by atoms with E-state index in [1.165, 1.54) is 0 Å². The summed E-state index contributed by atoms with van der Waals surface area (Å²) in [5.74, 6) is 2.53. The van der Waals surface area contributed by atoms with Crippen LogP contribution in [0.3, 0.4) is 0 Å². The smallest absolute Gasteiger partial charge is 0.222 e. The Bertz CT molecular complexity index is 1260. The molecule has 4 aromatic rings. The van der Waals surface area contributed by atoms with Crippen LogP contribution < -0.4 is 9.47 Å². The number of benzene rings is 3. The standard InChI is InChI=1S/C31H37N3O3/c1-23(2)20-34(21-26(35)18-24-12-7-5-8-13-24)22-29-30(25-14-9-6-10-15-25)32-33(3)31(29)37-28-17-11-16-27(19-28)36-4/h5-17,19,23,26,35H,18,20-22H2,1-4H3/t26-/m1/s1. The van der Waals surface area contributed by atoms with Gasteiger partial charge in [-0.25, -0.2) is 4.68 Å². The van der Waals surface area contributed by atoms with Gasteiger partial charge in [0.25, 0.3) is 0 Å². The van der Waals surface area contributed by atoms with Crippen molar-refractivity contribution in [2.24, 2.45) is 13.0 Å². The zero-order valence-electron chi connectivity index (χ0n) is 22.2. The highest BCUT2D eigenvalue weighted by atomic mass is 16.5. The third-order valence-corrected chi connectivity index (χ3v) is 6.18. The Morgan fingerprint density at radius 3 is 2.24 bits per heavy atom. The predicted octanol–water partition coefficient (Wildman–Crippen LogP) is 5.95. The zero-order valence-corrected chi connectivity index (χ0v) is 22.2. The van der Waals surface area contributed by atoms with Crippen LogP contribution in [0, 0.1) is 5.92 Å². The summed E-state index contributed by atoms with van der Waals surface area (Å²) >= 11 is 0. The van der Waals surface area contributed by atoms with Gasteiger partial charge in [-0.15, -0.1) is 0 Å². The molecule has 0 bridgehead atoms. The van der Waals surface area contributed by atoms with Crippen molar-refractivity contribution in [2.45, 2.75) is 32.9 Å². The van der Waals surface area contributed by atoms with E-state index in [4.69, 9.17) is 14.6 Å². The van der Waals surface area contributed by atoms with Gasteiger partial charge in [0, 0.05) is 38.3 Å². The second-order valence-electron chi connectivity index (χ2n) is 9.83. The lowest BCUT2D eigenvalue weighted by molar-refractivity contribution is 0.101. The van der Waals surface area contributed by atoms with Crippen molar-refractivity contribution in [2.75, 3.05) is 20.2 Å². The van der Waals surface area contributed by atoms with Crippen LogP contribution in [0.15, 0.2) is 84.9 Å². The average Bonchev–Trinajstić information content (AvgIpc) is 3.19. The summed E-state index contributed by atoms with van der Waals surface area (Å²) in [7, 11) is 3.55. The summed E-state index contributed by atoms with van der Waals surface area (Å²) in [6, 6.07) is 27.9. The van der Waals surface area contributed by atoms with Gasteiger partial charge in [0.1, 0.15) is 17.2 Å². The summed E-state index contributed by atoms with van der Waals surface area (Å²) in [6.45, 7) is 6.39. The zero-order chi connectivity index (χ0) is 26.2. The molecule has 194 valence electrons. The third kappa shape index (κ3) is 7.21. The lowest BCUT2D eigenvalue weighted by Gasteiger charge is -2.27. The highest BCUT2D eigenvalue weighted by Crippen LogP contribution is 2.35. The molecule has 0 unspecified atom stereocenters. The minimum atomic E-state index is -0.485. The molecule has 0 fully saturated rings. The molecule has 37 heavy (non-hydrogen) atoms. The molecule has 4 rings (SSSR count). The molecule has 1 N–H and O–H groups in total. The van der Waals surface area contributed by atoms with Gasteiger partial charge in [-0.3, -0.25) is 4.90 Å². The van der Waals surface area contributed by atoms with Gasteiger partial charge in [-0.1, -0.05) is 80.6 Å². The monoisotopic (exact) mass is 499 g/mol. The fourth-order valence-electron chi connectivity index (χ4n) is 4.62. The molecule has 6 nitrogen and oxygen atoms in total. The first-order valence-electron chi connectivity index (χ1n) is 12.8. The van der Waals surface area contributed by atoms with Crippen LogP contribution in [0.2, 0.25) is 0 Å². The number of ether oxygens (including phenoxy) is 2. The molecular formula is C31H37N3O3. The summed E-state index contributed by atoms with van der Waals surface area (Å²) in [6.07, 6.45) is 0.127. The molecule has 0 aliphatic heterocycles. The number of aryl methyl sites for hydroxylation is 1. The normalized spacial score (nSPS) is 12.2. The Kier molecular flexibility index (Phi) is 8.99. The lowest BCUT2D eigenvalue weighted by Crippen LogP contribution is -2.35. The van der Waals surface area contributed by atoms with E-state index in [0.717, 1.165) is 34.7 Å². The lowest BCUT2D eigenvalue weighted by atomic mass is 10.0. The van der Waals surface area contributed by atoms with E-state index in [1.807, 2.05) is 67.7 Å². The minimum Gasteiger partial charge on any atom is -0.497 e. The maximum Gasteiger partial charge on any atom is 0.222 e. The topological polar surface area (TPSA) is 59.8 Å². The maximum atomic E-state index is 11.0. The molecule has 1 heterocycles. The number of aromatic nitrogens is 2. The van der Waals surface area contributed by atoms with Crippen molar-refractivity contribution in [1.82, 2.24) is 14.7 Å². The van der Waals surface area contributed by atoms with Crippen molar-refractivity contribution < 1.29 is 14.6 Å². The van der Waals surface area contributed by atoms with E-state index >= 15 is 0 Å². The second kappa shape index (κ2) is 12.6. The van der Waals surface area contributed by atoms with Gasteiger partial charge < -0.3 is 14.6 Å². The van der Waals surface area contributed by atoms with Crippen LogP contribution in [-0.4, -0.2) is 46.1 Å². The summed E-state index contributed by atoms with van der Waals surface area (Å²) < 4.78 is 13.6. The highest BCUT2D eigenvalue weighted by molar-refractivity contribution is 5.65. The predicted molar refractivity (Wildman–Crippen MR) is 148 cm³/mol. The minimum absolute atomic E-state index is 0.434. The van der Waals surface area contributed by atoms with Crippen LogP contribution in [0.25, 0.3) is 11.3 Å². The molecule has 0 saturated carbocycles. The van der Waals surface area contributed by atoms with Gasteiger partial charge in [0.15, 0.2) is 0 Å². The Morgan fingerprint density at radius 1 is 0.892 bits per heavy atom. The number of aliphatic hydroxyl groups is 1.